The third kappa shape index (κ3) is 5.30. The topological polar surface area (TPSA) is 98.5 Å². The van der Waals surface area contributed by atoms with Crippen molar-refractivity contribution in [2.45, 2.75) is 10.9 Å². The quantitative estimate of drug-likeness (QED) is 0.659. The number of nitrogens with two attached hydrogens (primary N) is 1. The van der Waals surface area contributed by atoms with Crippen LogP contribution in [0.2, 0.25) is 0 Å². The smallest absolute Gasteiger partial charge is 0.324 e. The fourth-order valence-electron chi connectivity index (χ4n) is 1.20. The van der Waals surface area contributed by atoms with Crippen molar-refractivity contribution in [3.05, 3.63) is 27.1 Å². The van der Waals surface area contributed by atoms with Gasteiger partial charge < -0.3 is 10.5 Å². The lowest BCUT2D eigenvalue weighted by atomic mass is 10.3. The van der Waals surface area contributed by atoms with E-state index in [-0.39, 0.29) is 23.8 Å². The zero-order valence-corrected chi connectivity index (χ0v) is 15.1. The summed E-state index contributed by atoms with van der Waals surface area (Å²) in [7, 11) is -2.58. The number of hydrogen-bond donors (Lipinski definition) is 2. The zero-order valence-electron chi connectivity index (χ0n) is 10.3. The molecule has 114 valence electrons. The summed E-state index contributed by atoms with van der Waals surface area (Å²) in [5, 5.41) is 0. The Morgan fingerprint density at radius 3 is 2.60 bits per heavy atom. The number of carbonyl (C=O) groups is 1. The second-order valence-electron chi connectivity index (χ2n) is 3.56. The van der Waals surface area contributed by atoms with E-state index in [0.717, 1.165) is 0 Å². The van der Waals surface area contributed by atoms with Gasteiger partial charge in [0.25, 0.3) is 0 Å². The summed E-state index contributed by atoms with van der Waals surface area (Å²) in [6.45, 7) is -0.242. The van der Waals surface area contributed by atoms with Gasteiger partial charge in [0.15, 0.2) is 0 Å². The second kappa shape index (κ2) is 8.30. The minimum absolute atomic E-state index is 0. The highest BCUT2D eigenvalue weighted by Gasteiger charge is 2.21. The molecule has 0 heterocycles. The number of sulfonamides is 1. The molecule has 1 aromatic rings. The molecule has 20 heavy (non-hydrogen) atoms. The summed E-state index contributed by atoms with van der Waals surface area (Å²) >= 11 is 6.34. The first-order valence-electron chi connectivity index (χ1n) is 5.06. The van der Waals surface area contributed by atoms with Crippen molar-refractivity contribution in [2.24, 2.45) is 5.73 Å². The van der Waals surface area contributed by atoms with Crippen molar-refractivity contribution >= 4 is 60.3 Å². The lowest BCUT2D eigenvalue weighted by molar-refractivity contribution is -0.141. The normalized spacial score (nSPS) is 12.4. The van der Waals surface area contributed by atoms with E-state index in [4.69, 9.17) is 5.73 Å². The molecule has 1 atom stereocenters. The van der Waals surface area contributed by atoms with Crippen LogP contribution in [0.15, 0.2) is 32.0 Å². The van der Waals surface area contributed by atoms with Crippen molar-refractivity contribution in [2.75, 3.05) is 13.7 Å². The van der Waals surface area contributed by atoms with Crippen LogP contribution in [0.5, 0.6) is 0 Å². The van der Waals surface area contributed by atoms with E-state index < -0.39 is 22.0 Å². The van der Waals surface area contributed by atoms with Gasteiger partial charge in [-0.05, 0) is 34.1 Å². The molecule has 0 unspecified atom stereocenters. The number of carbonyl (C=O) groups excluding carboxylic acids is 1. The van der Waals surface area contributed by atoms with Crippen LogP contribution in [-0.4, -0.2) is 34.1 Å². The maximum atomic E-state index is 12.1. The van der Waals surface area contributed by atoms with Gasteiger partial charge in [-0.3, -0.25) is 4.79 Å². The Morgan fingerprint density at radius 2 is 2.05 bits per heavy atom. The molecule has 0 amide bonds. The molecule has 0 aliphatic heterocycles. The molecule has 10 heteroatoms. The predicted octanol–water partition coefficient (Wildman–Crippen LogP) is 1.41. The van der Waals surface area contributed by atoms with Gasteiger partial charge in [0.2, 0.25) is 10.0 Å². The van der Waals surface area contributed by atoms with Crippen molar-refractivity contribution in [3.8, 4) is 0 Å². The first kappa shape index (κ1) is 19.8. The average molecular weight is 453 g/mol. The van der Waals surface area contributed by atoms with Crippen LogP contribution in [0, 0.1) is 0 Å². The molecule has 0 aliphatic rings. The van der Waals surface area contributed by atoms with Gasteiger partial charge in [-0.25, -0.2) is 13.1 Å². The van der Waals surface area contributed by atoms with E-state index >= 15 is 0 Å². The van der Waals surface area contributed by atoms with E-state index in [2.05, 4.69) is 41.3 Å². The average Bonchev–Trinajstić information content (AvgIpc) is 2.37. The lowest BCUT2D eigenvalue weighted by Crippen LogP contribution is -2.43. The highest BCUT2D eigenvalue weighted by molar-refractivity contribution is 9.11. The third-order valence-corrected chi connectivity index (χ3v) is 5.09. The number of methoxy groups -OCH3 is 1. The summed E-state index contributed by atoms with van der Waals surface area (Å²) in [4.78, 5) is 11.1. The van der Waals surface area contributed by atoms with Crippen LogP contribution in [0.4, 0.5) is 0 Å². The summed E-state index contributed by atoms with van der Waals surface area (Å²) < 4.78 is 31.8. The molecule has 3 N–H and O–H groups in total. The molecule has 0 aromatic heterocycles. The fraction of sp³-hybridized carbons (Fsp3) is 0.300. The summed E-state index contributed by atoms with van der Waals surface area (Å²) in [5.74, 6) is -0.684. The van der Waals surface area contributed by atoms with Gasteiger partial charge >= 0.3 is 5.97 Å². The van der Waals surface area contributed by atoms with E-state index in [9.17, 15) is 13.2 Å². The van der Waals surface area contributed by atoms with Crippen molar-refractivity contribution < 1.29 is 17.9 Å². The van der Waals surface area contributed by atoms with Crippen molar-refractivity contribution in [1.82, 2.24) is 4.72 Å². The van der Waals surface area contributed by atoms with E-state index in [0.29, 0.717) is 8.95 Å². The van der Waals surface area contributed by atoms with Gasteiger partial charge in [0, 0.05) is 15.5 Å². The van der Waals surface area contributed by atoms with E-state index in [1.54, 1.807) is 12.1 Å². The first-order chi connectivity index (χ1) is 8.77. The van der Waals surface area contributed by atoms with Gasteiger partial charge in [-0.1, -0.05) is 15.9 Å². The molecule has 0 radical (unpaired) electrons. The molecule has 0 spiro atoms. The van der Waals surface area contributed by atoms with Gasteiger partial charge in [0.1, 0.15) is 6.04 Å². The summed E-state index contributed by atoms with van der Waals surface area (Å²) in [6, 6.07) is 3.68. The van der Waals surface area contributed by atoms with Crippen LogP contribution >= 0.6 is 44.3 Å². The van der Waals surface area contributed by atoms with E-state index in [1.165, 1.54) is 13.2 Å². The monoisotopic (exact) mass is 450 g/mol. The minimum Gasteiger partial charge on any atom is -0.468 e. The summed E-state index contributed by atoms with van der Waals surface area (Å²) in [6.07, 6.45) is 0. The zero-order chi connectivity index (χ0) is 14.6. The number of nitrogens with one attached hydrogen (secondary N) is 1. The van der Waals surface area contributed by atoms with Gasteiger partial charge in [0.05, 0.1) is 12.0 Å². The summed E-state index contributed by atoms with van der Waals surface area (Å²) in [5.41, 5.74) is 5.46. The molecule has 0 fully saturated rings. The van der Waals surface area contributed by atoms with Crippen LogP contribution in [0.3, 0.4) is 0 Å². The predicted molar refractivity (Wildman–Crippen MR) is 84.3 cm³/mol. The molecule has 6 nitrogen and oxygen atoms in total. The molecule has 0 aliphatic carbocycles. The number of halogens is 3. The number of benzene rings is 1. The number of hydrogen-bond acceptors (Lipinski definition) is 5. The van der Waals surface area contributed by atoms with Crippen LogP contribution in [-0.2, 0) is 19.6 Å². The molecule has 1 rings (SSSR count). The maximum Gasteiger partial charge on any atom is 0.324 e. The lowest BCUT2D eigenvalue weighted by Gasteiger charge is -2.12. The Morgan fingerprint density at radius 1 is 1.45 bits per heavy atom. The van der Waals surface area contributed by atoms with Gasteiger partial charge in [-0.15, -0.1) is 12.4 Å². The van der Waals surface area contributed by atoms with Gasteiger partial charge in [-0.2, -0.15) is 0 Å². The maximum absolute atomic E-state index is 12.1. The minimum atomic E-state index is -3.76. The van der Waals surface area contributed by atoms with Crippen molar-refractivity contribution in [3.63, 3.8) is 0 Å². The number of ether oxygens (including phenoxy) is 1. The highest BCUT2D eigenvalue weighted by atomic mass is 79.9. The molecule has 0 bridgehead atoms. The Hall–Kier alpha value is -0.190. The van der Waals surface area contributed by atoms with Crippen LogP contribution in [0.1, 0.15) is 0 Å². The molecule has 1 aromatic carbocycles. The SMILES string of the molecule is COC(=O)[C@H](N)CNS(=O)(=O)c1cc(Br)ccc1Br.Cl. The van der Waals surface area contributed by atoms with Crippen LogP contribution in [0.25, 0.3) is 0 Å². The van der Waals surface area contributed by atoms with Crippen molar-refractivity contribution in [1.29, 1.82) is 0 Å². The molecular weight excluding hydrogens is 439 g/mol. The Labute approximate surface area is 140 Å². The standard InChI is InChI=1S/C10H12Br2N2O4S.ClH/c1-18-10(15)8(13)5-14-19(16,17)9-4-6(11)2-3-7(9)12;/h2-4,8,14H,5,13H2,1H3;1H/t8-;/m1./s1. The Balaban J connectivity index is 0.00000361. The first-order valence-corrected chi connectivity index (χ1v) is 8.13. The fourth-order valence-corrected chi connectivity index (χ4v) is 3.75. The number of rotatable bonds is 5. The Bertz CT molecular complexity index is 583. The molecular formula is C10H13Br2ClN2O4S. The highest BCUT2D eigenvalue weighted by Crippen LogP contribution is 2.25. The largest absolute Gasteiger partial charge is 0.468 e. The molecule has 0 saturated heterocycles. The third-order valence-electron chi connectivity index (χ3n) is 2.18. The second-order valence-corrected chi connectivity index (χ2v) is 7.06. The van der Waals surface area contributed by atoms with E-state index in [1.807, 2.05) is 0 Å². The van der Waals surface area contributed by atoms with Crippen LogP contribution < -0.4 is 10.5 Å². The number of esters is 1. The Kier molecular flexibility index (Phi) is 8.22. The molecule has 0 saturated carbocycles.